The average Bonchev–Trinajstić information content (AvgIpc) is 3.50. The fourth-order valence-corrected chi connectivity index (χ4v) is 8.14. The van der Waals surface area contributed by atoms with Crippen molar-refractivity contribution in [3.05, 3.63) is 85.3 Å². The SMILES string of the molecule is CN(C)CCCNc1ccc(Nc2cc(-c3cc(F)cc(N4CCc5c(sc6c5CC(C)(C)C6)C4=O)c3CO)cn(C)c2=O)nc1. The molecule has 2 aliphatic rings. The number of halogens is 1. The van der Waals surface area contributed by atoms with Crippen LogP contribution in [0.25, 0.3) is 11.1 Å². The van der Waals surface area contributed by atoms with Crippen LogP contribution in [0.1, 0.15) is 51.5 Å². The van der Waals surface area contributed by atoms with Gasteiger partial charge < -0.3 is 30.1 Å². The van der Waals surface area contributed by atoms with Gasteiger partial charge in [0.1, 0.15) is 17.3 Å². The maximum absolute atomic E-state index is 15.3. The van der Waals surface area contributed by atoms with E-state index in [0.29, 0.717) is 41.2 Å². The zero-order chi connectivity index (χ0) is 32.7. The lowest BCUT2D eigenvalue weighted by molar-refractivity contribution is 0.0984. The summed E-state index contributed by atoms with van der Waals surface area (Å²) in [6.45, 7) is 6.30. The minimum Gasteiger partial charge on any atom is -0.392 e. The fraction of sp³-hybridized carbons (Fsp3) is 0.400. The number of nitrogens with one attached hydrogen (secondary N) is 2. The topological polar surface area (TPSA) is 103 Å². The van der Waals surface area contributed by atoms with Crippen LogP contribution in [0.4, 0.5) is 27.3 Å². The van der Waals surface area contributed by atoms with Crippen LogP contribution < -0.4 is 21.1 Å². The Morgan fingerprint density at radius 2 is 1.93 bits per heavy atom. The van der Waals surface area contributed by atoms with Gasteiger partial charge in [-0.05, 0) is 98.8 Å². The fourth-order valence-electron chi connectivity index (χ4n) is 6.56. The third-order valence-electron chi connectivity index (χ3n) is 8.79. The molecule has 0 bridgehead atoms. The van der Waals surface area contributed by atoms with E-state index in [1.807, 2.05) is 20.2 Å². The lowest BCUT2D eigenvalue weighted by atomic mass is 9.89. The number of nitrogens with zero attached hydrogens (tertiary/aromatic N) is 4. The lowest BCUT2D eigenvalue weighted by Crippen LogP contribution is -2.38. The lowest BCUT2D eigenvalue weighted by Gasteiger charge is -2.30. The molecule has 1 aliphatic carbocycles. The first-order valence-electron chi connectivity index (χ1n) is 15.7. The number of carbonyl (C=O) groups excluding carboxylic acids is 1. The molecule has 3 N–H and O–H groups in total. The van der Waals surface area contributed by atoms with Crippen molar-refractivity contribution in [1.82, 2.24) is 14.5 Å². The number of carbonyl (C=O) groups is 1. The summed E-state index contributed by atoms with van der Waals surface area (Å²) < 4.78 is 16.7. The van der Waals surface area contributed by atoms with Gasteiger partial charge in [0.2, 0.25) is 0 Å². The maximum Gasteiger partial charge on any atom is 0.274 e. The Morgan fingerprint density at radius 1 is 1.13 bits per heavy atom. The predicted octanol–water partition coefficient (Wildman–Crippen LogP) is 5.58. The van der Waals surface area contributed by atoms with Crippen LogP contribution >= 0.6 is 11.3 Å². The number of benzene rings is 1. The van der Waals surface area contributed by atoms with Crippen LogP contribution in [0.2, 0.25) is 0 Å². The highest BCUT2D eigenvalue weighted by atomic mass is 32.1. The highest BCUT2D eigenvalue weighted by molar-refractivity contribution is 7.14. The molecule has 0 spiro atoms. The van der Waals surface area contributed by atoms with Gasteiger partial charge >= 0.3 is 0 Å². The second-order valence-corrected chi connectivity index (χ2v) is 14.4. The van der Waals surface area contributed by atoms with Gasteiger partial charge in [-0.2, -0.15) is 0 Å². The van der Waals surface area contributed by atoms with Crippen LogP contribution in [0.5, 0.6) is 0 Å². The molecule has 4 aromatic rings. The van der Waals surface area contributed by atoms with E-state index in [4.69, 9.17) is 0 Å². The molecule has 242 valence electrons. The molecule has 0 fully saturated rings. The molecule has 0 atom stereocenters. The number of thiophene rings is 1. The summed E-state index contributed by atoms with van der Waals surface area (Å²) in [5.74, 6) is -0.208. The predicted molar refractivity (Wildman–Crippen MR) is 183 cm³/mol. The Kier molecular flexibility index (Phi) is 8.75. The van der Waals surface area contributed by atoms with Crippen molar-refractivity contribution in [3.8, 4) is 11.1 Å². The van der Waals surface area contributed by atoms with Crippen molar-refractivity contribution in [2.45, 2.75) is 46.1 Å². The maximum atomic E-state index is 15.3. The third-order valence-corrected chi connectivity index (χ3v) is 10.1. The summed E-state index contributed by atoms with van der Waals surface area (Å²) in [5.41, 5.74) is 5.19. The van der Waals surface area contributed by atoms with E-state index in [0.717, 1.165) is 48.5 Å². The van der Waals surface area contributed by atoms with Crippen LogP contribution in [0.3, 0.4) is 0 Å². The third kappa shape index (κ3) is 6.31. The van der Waals surface area contributed by atoms with Crippen molar-refractivity contribution in [3.63, 3.8) is 0 Å². The molecule has 3 aromatic heterocycles. The highest BCUT2D eigenvalue weighted by Gasteiger charge is 2.38. The first-order chi connectivity index (χ1) is 21.9. The zero-order valence-corrected chi connectivity index (χ0v) is 27.9. The number of aromatic nitrogens is 2. The molecule has 0 radical (unpaired) electrons. The van der Waals surface area contributed by atoms with Gasteiger partial charge in [-0.1, -0.05) is 13.8 Å². The van der Waals surface area contributed by atoms with Gasteiger partial charge in [0, 0.05) is 42.3 Å². The monoisotopic (exact) mass is 644 g/mol. The number of aliphatic hydroxyl groups excluding tert-OH is 1. The van der Waals surface area contributed by atoms with Crippen LogP contribution in [0, 0.1) is 11.2 Å². The minimum absolute atomic E-state index is 0.158. The molecule has 0 unspecified atom stereocenters. The van der Waals surface area contributed by atoms with E-state index >= 15 is 4.39 Å². The number of hydrogen-bond donors (Lipinski definition) is 3. The number of aryl methyl sites for hydroxylation is 1. The van der Waals surface area contributed by atoms with E-state index < -0.39 is 12.4 Å². The molecule has 1 aromatic carbocycles. The minimum atomic E-state index is -0.532. The van der Waals surface area contributed by atoms with Crippen molar-refractivity contribution >= 4 is 40.1 Å². The van der Waals surface area contributed by atoms with E-state index in [-0.39, 0.29) is 22.6 Å². The van der Waals surface area contributed by atoms with Crippen LogP contribution in [-0.2, 0) is 32.9 Å². The quantitative estimate of drug-likeness (QED) is 0.194. The number of rotatable bonds is 10. The van der Waals surface area contributed by atoms with E-state index in [1.54, 1.807) is 47.8 Å². The highest BCUT2D eigenvalue weighted by Crippen LogP contribution is 2.46. The smallest absolute Gasteiger partial charge is 0.274 e. The Balaban J connectivity index is 1.28. The van der Waals surface area contributed by atoms with Crippen LogP contribution in [0.15, 0.2) is 47.5 Å². The second-order valence-electron chi connectivity index (χ2n) is 13.3. The van der Waals surface area contributed by atoms with Crippen molar-refractivity contribution < 1.29 is 14.3 Å². The molecule has 4 heterocycles. The Morgan fingerprint density at radius 3 is 2.65 bits per heavy atom. The molecular formula is C35H41FN6O3S. The van der Waals surface area contributed by atoms with E-state index in [2.05, 4.69) is 34.4 Å². The van der Waals surface area contributed by atoms with Gasteiger partial charge in [-0.15, -0.1) is 11.3 Å². The Labute approximate surface area is 272 Å². The first kappa shape index (κ1) is 31.9. The molecule has 6 rings (SSSR count). The summed E-state index contributed by atoms with van der Waals surface area (Å²) >= 11 is 1.56. The molecule has 1 aliphatic heterocycles. The first-order valence-corrected chi connectivity index (χ1v) is 16.5. The molecule has 0 saturated carbocycles. The number of pyridine rings is 2. The number of hydrogen-bond acceptors (Lipinski definition) is 8. The molecule has 1 amide bonds. The summed E-state index contributed by atoms with van der Waals surface area (Å²) in [6, 6.07) is 7.99. The number of amides is 1. The summed E-state index contributed by atoms with van der Waals surface area (Å²) in [7, 11) is 5.70. The van der Waals surface area contributed by atoms with Gasteiger partial charge in [0.15, 0.2) is 0 Å². The summed E-state index contributed by atoms with van der Waals surface area (Å²) in [5, 5.41) is 17.1. The summed E-state index contributed by atoms with van der Waals surface area (Å²) in [4.78, 5) is 37.2. The van der Waals surface area contributed by atoms with Crippen molar-refractivity contribution in [2.24, 2.45) is 12.5 Å². The number of aliphatic hydroxyl groups is 1. The van der Waals surface area contributed by atoms with Gasteiger partial charge in [0.05, 0.1) is 29.1 Å². The van der Waals surface area contributed by atoms with Gasteiger partial charge in [-0.3, -0.25) is 9.59 Å². The second kappa shape index (κ2) is 12.6. The van der Waals surface area contributed by atoms with E-state index in [9.17, 15) is 14.7 Å². The van der Waals surface area contributed by atoms with Gasteiger partial charge in [0.25, 0.3) is 11.5 Å². The molecular weight excluding hydrogens is 603 g/mol. The Hall–Kier alpha value is -4.06. The molecule has 0 saturated heterocycles. The zero-order valence-electron chi connectivity index (χ0n) is 27.0. The molecule has 9 nitrogen and oxygen atoms in total. The average molecular weight is 645 g/mol. The number of fused-ring (bicyclic) bond motifs is 3. The largest absolute Gasteiger partial charge is 0.392 e. The molecule has 46 heavy (non-hydrogen) atoms. The Bertz CT molecular complexity index is 1850. The van der Waals surface area contributed by atoms with E-state index in [1.165, 1.54) is 27.1 Å². The normalized spacial score (nSPS) is 15.3. The van der Waals surface area contributed by atoms with Crippen LogP contribution in [-0.4, -0.2) is 59.2 Å². The molecule has 11 heteroatoms. The van der Waals surface area contributed by atoms with Crippen molar-refractivity contribution in [1.29, 1.82) is 0 Å². The van der Waals surface area contributed by atoms with Crippen molar-refractivity contribution in [2.75, 3.05) is 49.3 Å². The van der Waals surface area contributed by atoms with Gasteiger partial charge in [-0.25, -0.2) is 9.37 Å². The summed E-state index contributed by atoms with van der Waals surface area (Å²) in [6.07, 6.45) is 6.92. The number of anilines is 4. The standard InChI is InChI=1S/C35H41FN6O3S/c1-35(2)16-26-24-9-12-42(34(45)32(24)46-30(26)17-35)29-15-22(36)14-25(27(29)20-43)21-13-28(33(44)41(5)19-21)39-31-8-7-23(18-38-31)37-10-6-11-40(3)4/h7-8,13-15,18-19,37,43H,6,9-12,16-17,20H2,1-5H3,(H,38,39).